The van der Waals surface area contributed by atoms with Crippen molar-refractivity contribution in [2.45, 2.75) is 30.8 Å². The molecule has 0 amide bonds. The number of thiophene rings is 1. The lowest BCUT2D eigenvalue weighted by Crippen LogP contribution is -2.16. The van der Waals surface area contributed by atoms with Crippen molar-refractivity contribution in [1.82, 2.24) is 25.2 Å². The molecule has 0 unspecified atom stereocenters. The van der Waals surface area contributed by atoms with Crippen molar-refractivity contribution in [1.29, 1.82) is 0 Å². The number of aryl methyl sites for hydroxylation is 1. The summed E-state index contributed by atoms with van der Waals surface area (Å²) in [4.78, 5) is 17.5. The van der Waals surface area contributed by atoms with Crippen LogP contribution in [0.25, 0.3) is 10.9 Å². The van der Waals surface area contributed by atoms with E-state index in [9.17, 15) is 4.79 Å². The quantitative estimate of drug-likeness (QED) is 0.403. The molecule has 0 saturated heterocycles. The summed E-state index contributed by atoms with van der Waals surface area (Å²) in [5.41, 5.74) is 2.62. The number of tetrazole rings is 1. The van der Waals surface area contributed by atoms with Crippen molar-refractivity contribution < 1.29 is 4.79 Å². The van der Waals surface area contributed by atoms with Gasteiger partial charge in [0.15, 0.2) is 5.78 Å². The second kappa shape index (κ2) is 7.05. The standard InChI is InChI=1S/C18H17N5OS2/c1-11-16(14-7-3-4-8-15(14)19-11)17(24)12(2)26-18-20-21-22-23(18)10-13-6-5-9-25-13/h3-9,12,19H,10H2,1-2H3/t12-/m1/s1. The van der Waals surface area contributed by atoms with Gasteiger partial charge in [0.1, 0.15) is 0 Å². The number of aromatic amines is 1. The number of fused-ring (bicyclic) bond motifs is 1. The van der Waals surface area contributed by atoms with E-state index in [0.29, 0.717) is 11.7 Å². The van der Waals surface area contributed by atoms with Gasteiger partial charge < -0.3 is 4.98 Å². The summed E-state index contributed by atoms with van der Waals surface area (Å²) in [7, 11) is 0. The van der Waals surface area contributed by atoms with Crippen molar-refractivity contribution >= 4 is 39.8 Å². The van der Waals surface area contributed by atoms with E-state index in [0.717, 1.165) is 22.2 Å². The molecule has 0 radical (unpaired) electrons. The first-order valence-corrected chi connectivity index (χ1v) is 9.96. The number of carbonyl (C=O) groups excluding carboxylic acids is 1. The molecular formula is C18H17N5OS2. The Morgan fingerprint density at radius 1 is 1.31 bits per heavy atom. The topological polar surface area (TPSA) is 76.5 Å². The lowest BCUT2D eigenvalue weighted by atomic mass is 10.1. The number of aromatic nitrogens is 5. The summed E-state index contributed by atoms with van der Waals surface area (Å²) in [5, 5.41) is 15.3. The molecule has 1 N–H and O–H groups in total. The van der Waals surface area contributed by atoms with E-state index >= 15 is 0 Å². The maximum Gasteiger partial charge on any atom is 0.210 e. The molecule has 4 aromatic rings. The fourth-order valence-electron chi connectivity index (χ4n) is 2.94. The van der Waals surface area contributed by atoms with Gasteiger partial charge in [0.05, 0.1) is 11.8 Å². The Hall–Kier alpha value is -2.45. The van der Waals surface area contributed by atoms with Gasteiger partial charge in [-0.05, 0) is 41.8 Å². The van der Waals surface area contributed by atoms with Crippen molar-refractivity contribution in [3.63, 3.8) is 0 Å². The third-order valence-corrected chi connectivity index (χ3v) is 6.11. The number of thioether (sulfide) groups is 1. The lowest BCUT2D eigenvalue weighted by molar-refractivity contribution is 0.0995. The van der Waals surface area contributed by atoms with Crippen molar-refractivity contribution in [2.24, 2.45) is 0 Å². The van der Waals surface area contributed by atoms with Crippen LogP contribution in [0.15, 0.2) is 46.9 Å². The molecule has 0 aliphatic rings. The molecule has 4 rings (SSSR count). The monoisotopic (exact) mass is 383 g/mol. The molecule has 132 valence electrons. The number of hydrogen-bond acceptors (Lipinski definition) is 6. The van der Waals surface area contributed by atoms with Crippen LogP contribution in [0.5, 0.6) is 0 Å². The second-order valence-electron chi connectivity index (χ2n) is 5.99. The number of rotatable bonds is 6. The van der Waals surface area contributed by atoms with Crippen LogP contribution in [0.2, 0.25) is 0 Å². The lowest BCUT2D eigenvalue weighted by Gasteiger charge is -2.10. The maximum absolute atomic E-state index is 13.1. The molecule has 0 aliphatic heterocycles. The summed E-state index contributed by atoms with van der Waals surface area (Å²) >= 11 is 3.05. The molecular weight excluding hydrogens is 366 g/mol. The first-order valence-electron chi connectivity index (χ1n) is 8.20. The van der Waals surface area contributed by atoms with Gasteiger partial charge in [-0.2, -0.15) is 0 Å². The minimum Gasteiger partial charge on any atom is -0.358 e. The van der Waals surface area contributed by atoms with Crippen molar-refractivity contribution in [2.75, 3.05) is 0 Å². The van der Waals surface area contributed by atoms with Crippen molar-refractivity contribution in [3.8, 4) is 0 Å². The number of H-pyrrole nitrogens is 1. The summed E-state index contributed by atoms with van der Waals surface area (Å²) in [6.07, 6.45) is 0. The molecule has 0 saturated carbocycles. The van der Waals surface area contributed by atoms with Crippen LogP contribution < -0.4 is 0 Å². The van der Waals surface area contributed by atoms with E-state index in [1.165, 1.54) is 16.6 Å². The van der Waals surface area contributed by atoms with Gasteiger partial charge in [-0.3, -0.25) is 4.79 Å². The number of nitrogens with one attached hydrogen (secondary N) is 1. The largest absolute Gasteiger partial charge is 0.358 e. The van der Waals surface area contributed by atoms with Gasteiger partial charge in [-0.15, -0.1) is 16.4 Å². The van der Waals surface area contributed by atoms with Crippen LogP contribution in [0.4, 0.5) is 0 Å². The first-order chi connectivity index (χ1) is 12.6. The molecule has 26 heavy (non-hydrogen) atoms. The van der Waals surface area contributed by atoms with Gasteiger partial charge in [-0.25, -0.2) is 4.68 Å². The van der Waals surface area contributed by atoms with E-state index < -0.39 is 0 Å². The summed E-state index contributed by atoms with van der Waals surface area (Å²) in [5.74, 6) is 0.0793. The van der Waals surface area contributed by atoms with E-state index in [4.69, 9.17) is 0 Å². The van der Waals surface area contributed by atoms with Crippen molar-refractivity contribution in [3.05, 3.63) is 57.9 Å². The van der Waals surface area contributed by atoms with Crippen LogP contribution >= 0.6 is 23.1 Å². The molecule has 1 atom stereocenters. The van der Waals surface area contributed by atoms with E-state index in [2.05, 4.69) is 20.5 Å². The zero-order valence-corrected chi connectivity index (χ0v) is 16.0. The normalized spacial score (nSPS) is 12.5. The van der Waals surface area contributed by atoms with E-state index in [-0.39, 0.29) is 11.0 Å². The number of Topliss-reactive ketones (excluding diaryl/α,β-unsaturated/α-hetero) is 1. The predicted molar refractivity (Wildman–Crippen MR) is 104 cm³/mol. The van der Waals surface area contributed by atoms with Crippen LogP contribution in [-0.4, -0.2) is 36.2 Å². The summed E-state index contributed by atoms with van der Waals surface area (Å²) < 4.78 is 1.74. The molecule has 0 spiro atoms. The van der Waals surface area contributed by atoms with Gasteiger partial charge >= 0.3 is 0 Å². The Morgan fingerprint density at radius 2 is 2.15 bits per heavy atom. The Kier molecular flexibility index (Phi) is 4.60. The zero-order valence-electron chi connectivity index (χ0n) is 14.3. The molecule has 6 nitrogen and oxygen atoms in total. The summed E-state index contributed by atoms with van der Waals surface area (Å²) in [6, 6.07) is 11.9. The van der Waals surface area contributed by atoms with Crippen LogP contribution in [0.1, 0.15) is 27.9 Å². The number of hydrogen-bond donors (Lipinski definition) is 1. The second-order valence-corrected chi connectivity index (χ2v) is 8.33. The van der Waals surface area contributed by atoms with E-state index in [1.807, 2.05) is 55.6 Å². The SMILES string of the molecule is Cc1[nH]c2ccccc2c1C(=O)[C@@H](C)Sc1nnnn1Cc1cccs1. The van der Waals surface area contributed by atoms with Gasteiger partial charge in [-0.1, -0.05) is 36.0 Å². The highest BCUT2D eigenvalue weighted by atomic mass is 32.2. The van der Waals surface area contributed by atoms with Crippen LogP contribution in [0.3, 0.4) is 0 Å². The molecule has 3 heterocycles. The molecule has 3 aromatic heterocycles. The Balaban J connectivity index is 1.57. The maximum atomic E-state index is 13.1. The first kappa shape index (κ1) is 17.0. The molecule has 8 heteroatoms. The fraction of sp³-hybridized carbons (Fsp3) is 0.222. The number of ketones is 1. The predicted octanol–water partition coefficient (Wildman–Crippen LogP) is 3.94. The molecule has 1 aromatic carbocycles. The minimum absolute atomic E-state index is 0.0793. The summed E-state index contributed by atoms with van der Waals surface area (Å²) in [6.45, 7) is 4.45. The van der Waals surface area contributed by atoms with Crippen LogP contribution in [0, 0.1) is 6.92 Å². The highest BCUT2D eigenvalue weighted by molar-refractivity contribution is 8.00. The fourth-order valence-corrected chi connectivity index (χ4v) is 4.47. The molecule has 0 aliphatic carbocycles. The Labute approximate surface area is 158 Å². The third-order valence-electron chi connectivity index (χ3n) is 4.18. The Bertz CT molecular complexity index is 1050. The Morgan fingerprint density at radius 3 is 2.96 bits per heavy atom. The number of nitrogens with zero attached hydrogens (tertiary/aromatic N) is 4. The average molecular weight is 384 g/mol. The number of para-hydroxylation sites is 1. The smallest absolute Gasteiger partial charge is 0.210 e. The number of benzene rings is 1. The minimum atomic E-state index is -0.291. The highest BCUT2D eigenvalue weighted by Crippen LogP contribution is 2.29. The molecule has 0 bridgehead atoms. The number of carbonyl (C=O) groups is 1. The van der Waals surface area contributed by atoms with Crippen LogP contribution in [-0.2, 0) is 6.54 Å². The van der Waals surface area contributed by atoms with E-state index in [1.54, 1.807) is 16.0 Å². The third kappa shape index (κ3) is 3.17. The zero-order chi connectivity index (χ0) is 18.1. The average Bonchev–Trinajstić information content (AvgIpc) is 3.35. The highest BCUT2D eigenvalue weighted by Gasteiger charge is 2.24. The van der Waals surface area contributed by atoms with Gasteiger partial charge in [0.25, 0.3) is 0 Å². The molecule has 0 fully saturated rings. The van der Waals surface area contributed by atoms with Gasteiger partial charge in [0, 0.05) is 27.0 Å². The van der Waals surface area contributed by atoms with Gasteiger partial charge in [0.2, 0.25) is 5.16 Å².